The number of unbranched alkanes of at least 4 members (excludes halogenated alkanes) is 1. The van der Waals surface area contributed by atoms with Gasteiger partial charge in [0.2, 0.25) is 5.91 Å². The average Bonchev–Trinajstić information content (AvgIpc) is 3.32. The minimum Gasteiger partial charge on any atom is -0.462 e. The second kappa shape index (κ2) is 12.9. The van der Waals surface area contributed by atoms with Crippen LogP contribution in [0, 0.1) is 11.3 Å². The van der Waals surface area contributed by atoms with Gasteiger partial charge in [-0.1, -0.05) is 52.3 Å². The third-order valence-electron chi connectivity index (χ3n) is 8.61. The molecule has 8 heteroatoms. The summed E-state index contributed by atoms with van der Waals surface area (Å²) >= 11 is 0. The van der Waals surface area contributed by atoms with Crippen LogP contribution in [0.3, 0.4) is 0 Å². The first kappa shape index (κ1) is 30.9. The summed E-state index contributed by atoms with van der Waals surface area (Å²) in [6.45, 7) is 9.25. The van der Waals surface area contributed by atoms with Crippen molar-refractivity contribution >= 4 is 11.9 Å². The van der Waals surface area contributed by atoms with Gasteiger partial charge >= 0.3 is 12.3 Å². The molecule has 0 radical (unpaired) electrons. The lowest BCUT2D eigenvalue weighted by atomic mass is 9.71. The van der Waals surface area contributed by atoms with Crippen molar-refractivity contribution in [1.82, 2.24) is 4.90 Å². The summed E-state index contributed by atoms with van der Waals surface area (Å²) < 4.78 is 47.2. The van der Waals surface area contributed by atoms with E-state index < -0.39 is 6.36 Å². The molecule has 0 saturated heterocycles. The van der Waals surface area contributed by atoms with Crippen LogP contribution in [-0.2, 0) is 22.4 Å². The maximum atomic E-state index is 14.0. The van der Waals surface area contributed by atoms with Gasteiger partial charge in [-0.3, -0.25) is 4.79 Å². The van der Waals surface area contributed by atoms with Crippen LogP contribution in [0.1, 0.15) is 106 Å². The minimum atomic E-state index is -4.76. The van der Waals surface area contributed by atoms with E-state index in [-0.39, 0.29) is 41.5 Å². The molecule has 0 bridgehead atoms. The zero-order valence-corrected chi connectivity index (χ0v) is 24.6. The number of fused-ring (bicyclic) bond motifs is 1. The van der Waals surface area contributed by atoms with Crippen LogP contribution < -0.4 is 4.74 Å². The zero-order valence-electron chi connectivity index (χ0n) is 24.6. The Balaban J connectivity index is 1.55. The number of hydrogen-bond donors (Lipinski definition) is 0. The fraction of sp³-hybridized carbons (Fsp3) is 0.576. The highest BCUT2D eigenvalue weighted by Gasteiger charge is 2.39. The number of ether oxygens (including phenoxy) is 2. The highest BCUT2D eigenvalue weighted by Crippen LogP contribution is 2.44. The van der Waals surface area contributed by atoms with Crippen LogP contribution in [0.15, 0.2) is 42.5 Å². The molecule has 1 saturated carbocycles. The largest absolute Gasteiger partial charge is 0.573 e. The van der Waals surface area contributed by atoms with Crippen molar-refractivity contribution in [2.75, 3.05) is 6.61 Å². The molecular formula is C33H42F3NO4. The number of esters is 1. The Morgan fingerprint density at radius 1 is 0.951 bits per heavy atom. The van der Waals surface area contributed by atoms with Gasteiger partial charge in [0.25, 0.3) is 0 Å². The fourth-order valence-electron chi connectivity index (χ4n) is 6.33. The normalized spacial score (nSPS) is 20.8. The molecule has 224 valence electrons. The van der Waals surface area contributed by atoms with E-state index in [1.54, 1.807) is 6.07 Å². The number of nitrogens with zero attached hydrogens (tertiary/aromatic N) is 1. The number of alkyl halides is 3. The summed E-state index contributed by atoms with van der Waals surface area (Å²) in [5.41, 5.74) is 3.51. The predicted octanol–water partition coefficient (Wildman–Crippen LogP) is 8.21. The molecule has 0 aromatic heterocycles. The molecule has 1 atom stereocenters. The van der Waals surface area contributed by atoms with Gasteiger partial charge in [-0.25, -0.2) is 4.79 Å². The minimum absolute atomic E-state index is 0.0328. The first-order valence-electron chi connectivity index (χ1n) is 14.8. The summed E-state index contributed by atoms with van der Waals surface area (Å²) in [7, 11) is 0. The zero-order chi connectivity index (χ0) is 29.8. The smallest absolute Gasteiger partial charge is 0.462 e. The third kappa shape index (κ3) is 8.04. The molecule has 5 nitrogen and oxygen atoms in total. The standard InChI is InChI=1S/C33H42F3NO4/c1-5-6-19-40-31(39)24-9-17-28-23(21-24)10-18-29(28)37(26-13-11-25(12-14-26)32(2,3)4)30(38)20-22-7-15-27(16-8-22)41-33(34,35)36/h7-9,15-17,21,25-26,29H,5-6,10-14,18-20H2,1-4H3/t25-,26-,29?. The van der Waals surface area contributed by atoms with Gasteiger partial charge in [-0.15, -0.1) is 13.2 Å². The molecule has 0 heterocycles. The van der Waals surface area contributed by atoms with Gasteiger partial charge in [0.15, 0.2) is 0 Å². The molecule has 0 spiro atoms. The topological polar surface area (TPSA) is 55.8 Å². The van der Waals surface area contributed by atoms with Crippen molar-refractivity contribution in [1.29, 1.82) is 0 Å². The third-order valence-corrected chi connectivity index (χ3v) is 8.61. The Kier molecular flexibility index (Phi) is 9.70. The van der Waals surface area contributed by atoms with Crippen molar-refractivity contribution in [3.63, 3.8) is 0 Å². The molecule has 2 aliphatic rings. The van der Waals surface area contributed by atoms with Gasteiger partial charge in [-0.2, -0.15) is 0 Å². The van der Waals surface area contributed by atoms with E-state index >= 15 is 0 Å². The van der Waals surface area contributed by atoms with Crippen molar-refractivity contribution in [3.8, 4) is 5.75 Å². The molecule has 4 rings (SSSR count). The summed E-state index contributed by atoms with van der Waals surface area (Å²) in [6.07, 6.45) is 2.57. The van der Waals surface area contributed by atoms with Crippen LogP contribution in [0.5, 0.6) is 5.75 Å². The van der Waals surface area contributed by atoms with Crippen LogP contribution in [0.2, 0.25) is 0 Å². The monoisotopic (exact) mass is 573 g/mol. The molecule has 41 heavy (non-hydrogen) atoms. The first-order chi connectivity index (χ1) is 19.4. The van der Waals surface area contributed by atoms with E-state index in [1.165, 1.54) is 24.3 Å². The number of aryl methyl sites for hydroxylation is 1. The Hall–Kier alpha value is -3.03. The molecule has 2 aromatic carbocycles. The van der Waals surface area contributed by atoms with E-state index in [0.717, 1.165) is 62.5 Å². The van der Waals surface area contributed by atoms with Crippen LogP contribution in [-0.4, -0.2) is 35.8 Å². The van der Waals surface area contributed by atoms with Crippen LogP contribution in [0.4, 0.5) is 13.2 Å². The highest BCUT2D eigenvalue weighted by molar-refractivity contribution is 5.90. The molecule has 1 amide bonds. The number of halogens is 3. The van der Waals surface area contributed by atoms with Gasteiger partial charge in [0.05, 0.1) is 24.6 Å². The van der Waals surface area contributed by atoms with Crippen molar-refractivity contribution < 1.29 is 32.2 Å². The summed E-state index contributed by atoms with van der Waals surface area (Å²) in [5.74, 6) is -0.0699. The van der Waals surface area contributed by atoms with E-state index in [2.05, 4.69) is 25.5 Å². The Bertz CT molecular complexity index is 1190. The summed E-state index contributed by atoms with van der Waals surface area (Å²) in [5, 5.41) is 0. The fourth-order valence-corrected chi connectivity index (χ4v) is 6.33. The number of carbonyl (C=O) groups is 2. The number of hydrogen-bond acceptors (Lipinski definition) is 4. The molecule has 0 aliphatic heterocycles. The molecule has 1 unspecified atom stereocenters. The lowest BCUT2D eigenvalue weighted by Gasteiger charge is -2.43. The predicted molar refractivity (Wildman–Crippen MR) is 152 cm³/mol. The second-order valence-corrected chi connectivity index (χ2v) is 12.5. The van der Waals surface area contributed by atoms with Gasteiger partial charge in [0, 0.05) is 6.04 Å². The average molecular weight is 574 g/mol. The Morgan fingerprint density at radius 3 is 2.24 bits per heavy atom. The summed E-state index contributed by atoms with van der Waals surface area (Å²) in [6, 6.07) is 11.2. The Morgan fingerprint density at radius 2 is 1.63 bits per heavy atom. The molecule has 1 fully saturated rings. The van der Waals surface area contributed by atoms with E-state index in [4.69, 9.17) is 4.74 Å². The SMILES string of the molecule is CCCCOC(=O)c1ccc2c(c1)CCC2N(C(=O)Cc1ccc(OC(F)(F)F)cc1)[C@H]1CC[C@H](C(C)(C)C)CC1. The molecule has 0 N–H and O–H groups in total. The van der Waals surface area contributed by atoms with Crippen molar-refractivity contribution in [2.45, 2.75) is 104 Å². The van der Waals surface area contributed by atoms with Crippen molar-refractivity contribution in [2.24, 2.45) is 11.3 Å². The van der Waals surface area contributed by atoms with E-state index in [1.807, 2.05) is 24.0 Å². The van der Waals surface area contributed by atoms with E-state index in [9.17, 15) is 22.8 Å². The molecule has 2 aromatic rings. The second-order valence-electron chi connectivity index (χ2n) is 12.5. The van der Waals surface area contributed by atoms with Crippen LogP contribution >= 0.6 is 0 Å². The van der Waals surface area contributed by atoms with Gasteiger partial charge in [-0.05, 0) is 97.2 Å². The number of benzene rings is 2. The summed E-state index contributed by atoms with van der Waals surface area (Å²) in [4.78, 5) is 28.6. The van der Waals surface area contributed by atoms with Crippen LogP contribution in [0.25, 0.3) is 0 Å². The lowest BCUT2D eigenvalue weighted by molar-refractivity contribution is -0.274. The number of amides is 1. The maximum absolute atomic E-state index is 14.0. The maximum Gasteiger partial charge on any atom is 0.573 e. The lowest BCUT2D eigenvalue weighted by Crippen LogP contribution is -2.45. The van der Waals surface area contributed by atoms with Gasteiger partial charge < -0.3 is 14.4 Å². The van der Waals surface area contributed by atoms with Crippen molar-refractivity contribution in [3.05, 3.63) is 64.7 Å². The first-order valence-corrected chi connectivity index (χ1v) is 14.8. The Labute approximate surface area is 241 Å². The molecule has 2 aliphatic carbocycles. The van der Waals surface area contributed by atoms with Gasteiger partial charge in [0.1, 0.15) is 5.75 Å². The van der Waals surface area contributed by atoms with E-state index in [0.29, 0.717) is 23.7 Å². The quantitative estimate of drug-likeness (QED) is 0.224. The number of rotatable bonds is 9. The highest BCUT2D eigenvalue weighted by atomic mass is 19.4. The molecular weight excluding hydrogens is 531 g/mol. The number of carbonyl (C=O) groups excluding carboxylic acids is 2.